The van der Waals surface area contributed by atoms with Crippen molar-refractivity contribution in [1.29, 1.82) is 0 Å². The van der Waals surface area contributed by atoms with Crippen LogP contribution in [0.4, 0.5) is 0 Å². The Kier molecular flexibility index (Phi) is 18.3. The first-order valence-electron chi connectivity index (χ1n) is 10.6. The lowest BCUT2D eigenvalue weighted by Gasteiger charge is -2.17. The fraction of sp³-hybridized carbons (Fsp3) is 1.00. The van der Waals surface area contributed by atoms with E-state index in [4.69, 9.17) is 4.74 Å². The van der Waals surface area contributed by atoms with Crippen molar-refractivity contribution in [3.8, 4) is 0 Å². The molecule has 0 aliphatic heterocycles. The van der Waals surface area contributed by atoms with Crippen LogP contribution in [0.2, 0.25) is 0 Å². The van der Waals surface area contributed by atoms with Gasteiger partial charge in [0, 0.05) is 13.2 Å². The standard InChI is InChI=1S/C22H46OS/c1-22(2,3)18-17-20-23-19-15-13-11-9-7-5-6-8-10-12-14-16-21-24-4/h5-21H2,1-4H3. The molecule has 24 heavy (non-hydrogen) atoms. The van der Waals surface area contributed by atoms with Crippen molar-refractivity contribution in [1.82, 2.24) is 0 Å². The summed E-state index contributed by atoms with van der Waals surface area (Å²) in [5, 5.41) is 0. The normalized spacial score (nSPS) is 12.0. The second-order valence-corrected chi connectivity index (χ2v) is 9.50. The summed E-state index contributed by atoms with van der Waals surface area (Å²) in [6.07, 6.45) is 21.7. The Bertz CT molecular complexity index is 235. The summed E-state index contributed by atoms with van der Waals surface area (Å²) in [5.41, 5.74) is 0.456. The highest BCUT2D eigenvalue weighted by molar-refractivity contribution is 7.98. The molecule has 0 atom stereocenters. The Morgan fingerprint density at radius 3 is 1.46 bits per heavy atom. The molecule has 0 fully saturated rings. The molecule has 0 spiro atoms. The quantitative estimate of drug-likeness (QED) is 0.230. The van der Waals surface area contributed by atoms with E-state index in [2.05, 4.69) is 27.0 Å². The molecule has 0 aromatic heterocycles. The second kappa shape index (κ2) is 18.1. The third-order valence-corrected chi connectivity index (χ3v) is 5.30. The SMILES string of the molecule is CSCCCCCCCCCCCCCCOCCCC(C)(C)C. The Labute approximate surface area is 158 Å². The van der Waals surface area contributed by atoms with Crippen molar-refractivity contribution < 1.29 is 4.74 Å². The highest BCUT2D eigenvalue weighted by Crippen LogP contribution is 2.20. The van der Waals surface area contributed by atoms with Crippen LogP contribution in [0.1, 0.15) is 111 Å². The topological polar surface area (TPSA) is 9.23 Å². The van der Waals surface area contributed by atoms with Crippen LogP contribution in [0.25, 0.3) is 0 Å². The average molecular weight is 359 g/mol. The minimum atomic E-state index is 0.456. The van der Waals surface area contributed by atoms with Gasteiger partial charge >= 0.3 is 0 Å². The van der Waals surface area contributed by atoms with Gasteiger partial charge in [-0.1, -0.05) is 85.0 Å². The number of thioether (sulfide) groups is 1. The van der Waals surface area contributed by atoms with Gasteiger partial charge in [-0.25, -0.2) is 0 Å². The Morgan fingerprint density at radius 2 is 1.00 bits per heavy atom. The van der Waals surface area contributed by atoms with Crippen molar-refractivity contribution in [2.45, 2.75) is 111 Å². The van der Waals surface area contributed by atoms with Gasteiger partial charge in [0.2, 0.25) is 0 Å². The predicted octanol–water partition coefficient (Wildman–Crippen LogP) is 7.87. The summed E-state index contributed by atoms with van der Waals surface area (Å²) in [6, 6.07) is 0. The molecule has 0 saturated carbocycles. The van der Waals surface area contributed by atoms with Gasteiger partial charge in [0.05, 0.1) is 0 Å². The first-order chi connectivity index (χ1) is 11.6. The van der Waals surface area contributed by atoms with E-state index in [9.17, 15) is 0 Å². The highest BCUT2D eigenvalue weighted by Gasteiger charge is 2.08. The Hall–Kier alpha value is 0.310. The molecule has 0 aliphatic rings. The molecule has 0 aromatic rings. The number of hydrogen-bond donors (Lipinski definition) is 0. The zero-order valence-corrected chi connectivity index (χ0v) is 18.2. The molecule has 0 rings (SSSR count). The lowest BCUT2D eigenvalue weighted by molar-refractivity contribution is 0.118. The van der Waals surface area contributed by atoms with Crippen LogP contribution in [-0.2, 0) is 4.74 Å². The van der Waals surface area contributed by atoms with Gasteiger partial charge < -0.3 is 4.74 Å². The number of hydrogen-bond acceptors (Lipinski definition) is 2. The lowest BCUT2D eigenvalue weighted by atomic mass is 9.91. The summed E-state index contributed by atoms with van der Waals surface area (Å²) < 4.78 is 5.73. The van der Waals surface area contributed by atoms with Gasteiger partial charge in [0.1, 0.15) is 0 Å². The van der Waals surface area contributed by atoms with Crippen molar-refractivity contribution in [2.24, 2.45) is 5.41 Å². The fourth-order valence-corrected chi connectivity index (χ4v) is 3.52. The van der Waals surface area contributed by atoms with E-state index in [1.54, 1.807) is 0 Å². The predicted molar refractivity (Wildman–Crippen MR) is 113 cm³/mol. The summed E-state index contributed by atoms with van der Waals surface area (Å²) in [7, 11) is 0. The highest BCUT2D eigenvalue weighted by atomic mass is 32.2. The van der Waals surface area contributed by atoms with Gasteiger partial charge in [-0.3, -0.25) is 0 Å². The van der Waals surface area contributed by atoms with E-state index < -0.39 is 0 Å². The van der Waals surface area contributed by atoms with Gasteiger partial charge in [-0.2, -0.15) is 11.8 Å². The maximum atomic E-state index is 5.73. The van der Waals surface area contributed by atoms with Crippen LogP contribution in [-0.4, -0.2) is 25.2 Å². The molecule has 2 heteroatoms. The van der Waals surface area contributed by atoms with E-state index in [1.165, 1.54) is 95.6 Å². The molecule has 146 valence electrons. The zero-order chi connectivity index (χ0) is 17.9. The molecule has 0 heterocycles. The first-order valence-corrected chi connectivity index (χ1v) is 12.0. The largest absolute Gasteiger partial charge is 0.381 e. The van der Waals surface area contributed by atoms with E-state index in [0.29, 0.717) is 5.41 Å². The van der Waals surface area contributed by atoms with E-state index >= 15 is 0 Å². The number of unbranched alkanes of at least 4 members (excludes halogenated alkanes) is 11. The third-order valence-electron chi connectivity index (χ3n) is 4.60. The Balaban J connectivity index is 3.00. The van der Waals surface area contributed by atoms with Gasteiger partial charge in [-0.15, -0.1) is 0 Å². The summed E-state index contributed by atoms with van der Waals surface area (Å²) in [4.78, 5) is 0. The molecular formula is C22H46OS. The van der Waals surface area contributed by atoms with E-state index in [1.807, 2.05) is 11.8 Å². The van der Waals surface area contributed by atoms with Crippen LogP contribution in [0.15, 0.2) is 0 Å². The molecule has 1 nitrogen and oxygen atoms in total. The van der Waals surface area contributed by atoms with Crippen molar-refractivity contribution in [2.75, 3.05) is 25.2 Å². The minimum Gasteiger partial charge on any atom is -0.381 e. The molecule has 0 radical (unpaired) electrons. The molecule has 0 amide bonds. The van der Waals surface area contributed by atoms with Gasteiger partial charge in [0.15, 0.2) is 0 Å². The smallest absolute Gasteiger partial charge is 0.0466 e. The van der Waals surface area contributed by atoms with Crippen molar-refractivity contribution in [3.05, 3.63) is 0 Å². The van der Waals surface area contributed by atoms with Gasteiger partial charge in [-0.05, 0) is 43.1 Å². The summed E-state index contributed by atoms with van der Waals surface area (Å²) in [6.45, 7) is 8.84. The monoisotopic (exact) mass is 358 g/mol. The minimum absolute atomic E-state index is 0.456. The first kappa shape index (κ1) is 24.3. The maximum Gasteiger partial charge on any atom is 0.0466 e. The molecule has 0 unspecified atom stereocenters. The molecular weight excluding hydrogens is 312 g/mol. The molecule has 0 aliphatic carbocycles. The summed E-state index contributed by atoms with van der Waals surface area (Å²) >= 11 is 1.98. The average Bonchev–Trinajstić information content (AvgIpc) is 2.52. The van der Waals surface area contributed by atoms with E-state index in [0.717, 1.165) is 13.2 Å². The van der Waals surface area contributed by atoms with Crippen LogP contribution in [0.3, 0.4) is 0 Å². The summed E-state index contributed by atoms with van der Waals surface area (Å²) in [5.74, 6) is 1.35. The fourth-order valence-electron chi connectivity index (χ4n) is 3.02. The van der Waals surface area contributed by atoms with Gasteiger partial charge in [0.25, 0.3) is 0 Å². The van der Waals surface area contributed by atoms with Crippen LogP contribution in [0.5, 0.6) is 0 Å². The zero-order valence-electron chi connectivity index (χ0n) is 17.3. The molecule has 0 aromatic carbocycles. The third kappa shape index (κ3) is 22.3. The molecule has 0 N–H and O–H groups in total. The van der Waals surface area contributed by atoms with Crippen LogP contribution < -0.4 is 0 Å². The lowest BCUT2D eigenvalue weighted by Crippen LogP contribution is -2.07. The second-order valence-electron chi connectivity index (χ2n) is 8.51. The number of ether oxygens (including phenoxy) is 1. The Morgan fingerprint density at radius 1 is 0.583 bits per heavy atom. The maximum absolute atomic E-state index is 5.73. The van der Waals surface area contributed by atoms with Crippen molar-refractivity contribution >= 4 is 11.8 Å². The molecule has 0 bridgehead atoms. The van der Waals surface area contributed by atoms with Crippen molar-refractivity contribution in [3.63, 3.8) is 0 Å². The molecule has 0 saturated heterocycles. The van der Waals surface area contributed by atoms with Crippen LogP contribution >= 0.6 is 11.8 Å². The van der Waals surface area contributed by atoms with E-state index in [-0.39, 0.29) is 0 Å². The van der Waals surface area contributed by atoms with Crippen LogP contribution in [0, 0.1) is 5.41 Å². The number of rotatable bonds is 18.